The first-order valence-electron chi connectivity index (χ1n) is 18.5. The minimum absolute atomic E-state index is 0.0710. The van der Waals surface area contributed by atoms with Gasteiger partial charge in [-0.2, -0.15) is 10.1 Å². The van der Waals surface area contributed by atoms with Crippen molar-refractivity contribution in [2.24, 2.45) is 0 Å². The van der Waals surface area contributed by atoms with E-state index in [1.165, 1.54) is 22.7 Å². The predicted molar refractivity (Wildman–Crippen MR) is 222 cm³/mol. The highest BCUT2D eigenvalue weighted by Gasteiger charge is 2.26. The molecule has 0 fully saturated rings. The number of hydrogen-bond acceptors (Lipinski definition) is 14. The molecule has 57 heavy (non-hydrogen) atoms. The Bertz CT molecular complexity index is 2500. The van der Waals surface area contributed by atoms with Gasteiger partial charge in [0.1, 0.15) is 17.9 Å². The fourth-order valence-electron chi connectivity index (χ4n) is 6.71. The molecule has 0 atom stereocenters. The molecule has 3 aromatic carbocycles. The molecule has 1 aliphatic heterocycles. The van der Waals surface area contributed by atoms with E-state index in [1.54, 1.807) is 17.2 Å². The summed E-state index contributed by atoms with van der Waals surface area (Å²) >= 11 is 2.82. The summed E-state index contributed by atoms with van der Waals surface area (Å²) in [6.07, 6.45) is 4.68. The zero-order chi connectivity index (χ0) is 39.3. The average Bonchev–Trinajstić information content (AvgIpc) is 3.95. The van der Waals surface area contributed by atoms with Crippen LogP contribution < -0.4 is 25.0 Å². The van der Waals surface area contributed by atoms with Gasteiger partial charge in [-0.3, -0.25) is 10.1 Å². The van der Waals surface area contributed by atoms with Gasteiger partial charge < -0.3 is 29.7 Å². The smallest absolute Gasteiger partial charge is 0.494 e. The van der Waals surface area contributed by atoms with Gasteiger partial charge in [-0.15, -0.1) is 0 Å². The highest BCUT2D eigenvalue weighted by Crippen LogP contribution is 2.36. The Morgan fingerprint density at radius 1 is 0.982 bits per heavy atom. The lowest BCUT2D eigenvalue weighted by Gasteiger charge is -2.29. The lowest BCUT2D eigenvalue weighted by atomic mass is 9.94. The molecule has 0 bridgehead atoms. The largest absolute Gasteiger partial charge is 0.512 e. The van der Waals surface area contributed by atoms with Gasteiger partial charge in [0, 0.05) is 25.2 Å². The molecule has 17 heteroatoms. The van der Waals surface area contributed by atoms with Gasteiger partial charge in [0.05, 0.1) is 39.0 Å². The van der Waals surface area contributed by atoms with E-state index in [0.29, 0.717) is 71.1 Å². The first-order chi connectivity index (χ1) is 27.8. The van der Waals surface area contributed by atoms with Crippen molar-refractivity contribution in [1.82, 2.24) is 34.6 Å². The van der Waals surface area contributed by atoms with Crippen molar-refractivity contribution >= 4 is 72.1 Å². The number of anilines is 3. The quantitative estimate of drug-likeness (QED) is 0.0707. The van der Waals surface area contributed by atoms with Gasteiger partial charge in [-0.05, 0) is 99.9 Å². The fraction of sp³-hybridized carbons (Fsp3) is 0.275. The second-order valence-corrected chi connectivity index (χ2v) is 15.8. The molecule has 1 aliphatic rings. The normalized spacial score (nSPS) is 12.6. The number of carbonyl (C=O) groups is 2. The lowest BCUT2D eigenvalue weighted by molar-refractivity contribution is 0.102. The van der Waals surface area contributed by atoms with Crippen LogP contribution in [0.3, 0.4) is 0 Å². The van der Waals surface area contributed by atoms with Crippen molar-refractivity contribution in [3.63, 3.8) is 0 Å². The maximum absolute atomic E-state index is 13.5. The maximum atomic E-state index is 13.5. The molecule has 7 aromatic rings. The van der Waals surface area contributed by atoms with Crippen molar-refractivity contribution in [3.05, 3.63) is 101 Å². The molecule has 8 rings (SSSR count). The Morgan fingerprint density at radius 3 is 2.67 bits per heavy atom. The van der Waals surface area contributed by atoms with Crippen LogP contribution >= 0.6 is 22.7 Å². The van der Waals surface area contributed by atoms with Gasteiger partial charge in [-0.25, -0.2) is 24.4 Å². The summed E-state index contributed by atoms with van der Waals surface area (Å²) in [5, 5.41) is 22.5. The van der Waals surface area contributed by atoms with E-state index in [2.05, 4.69) is 59.6 Å². The van der Waals surface area contributed by atoms with Crippen LogP contribution in [0.4, 0.5) is 20.9 Å². The molecule has 0 unspecified atom stereocenters. The van der Waals surface area contributed by atoms with Gasteiger partial charge in [0.15, 0.2) is 15.9 Å². The average molecular weight is 805 g/mol. The summed E-state index contributed by atoms with van der Waals surface area (Å²) in [5.74, 6) is 1.29. The van der Waals surface area contributed by atoms with Crippen LogP contribution in [0.15, 0.2) is 79.3 Å². The van der Waals surface area contributed by atoms with Gasteiger partial charge in [-0.1, -0.05) is 46.9 Å². The van der Waals surface area contributed by atoms with E-state index in [4.69, 9.17) is 9.47 Å². The number of nitrogens with zero attached hydrogens (tertiary/aromatic N) is 8. The Labute approximate surface area is 335 Å². The van der Waals surface area contributed by atoms with Gasteiger partial charge in [0.2, 0.25) is 5.88 Å². The molecule has 4 aromatic heterocycles. The predicted octanol–water partition coefficient (Wildman–Crippen LogP) is 7.13. The third kappa shape index (κ3) is 8.65. The minimum Gasteiger partial charge on any atom is -0.494 e. The van der Waals surface area contributed by atoms with Crippen LogP contribution in [0.2, 0.25) is 0 Å². The number of fused-ring (bicyclic) bond motifs is 3. The van der Waals surface area contributed by atoms with Crippen molar-refractivity contribution in [3.8, 4) is 17.3 Å². The SMILES string of the molecule is CN(C)CCCNc1ncnc2c1cnn2-c1ccc(OCCCc2sc(N3CCc4cccc(C(=O)Nc5nc6ccccc6s5)c4C3)nc2OC(=O)O)cc1. The molecule has 0 saturated carbocycles. The van der Waals surface area contributed by atoms with E-state index in [-0.39, 0.29) is 11.8 Å². The number of thiazole rings is 2. The molecule has 0 radical (unpaired) electrons. The number of amides is 1. The van der Waals surface area contributed by atoms with Gasteiger partial charge >= 0.3 is 6.16 Å². The van der Waals surface area contributed by atoms with E-state index >= 15 is 0 Å². The van der Waals surface area contributed by atoms with Crippen molar-refractivity contribution in [2.45, 2.75) is 32.2 Å². The molecule has 0 aliphatic carbocycles. The van der Waals surface area contributed by atoms with Crippen molar-refractivity contribution in [1.29, 1.82) is 0 Å². The highest BCUT2D eigenvalue weighted by molar-refractivity contribution is 7.22. The summed E-state index contributed by atoms with van der Waals surface area (Å²) in [6, 6.07) is 21.1. The van der Waals surface area contributed by atoms with Crippen LogP contribution in [-0.2, 0) is 19.4 Å². The molecular weight excluding hydrogens is 765 g/mol. The van der Waals surface area contributed by atoms with Crippen LogP contribution in [0.5, 0.6) is 11.6 Å². The van der Waals surface area contributed by atoms with E-state index in [1.807, 2.05) is 66.7 Å². The first-order valence-corrected chi connectivity index (χ1v) is 20.2. The Hall–Kier alpha value is -6.17. The molecular formula is C40H40N10O5S2. The second-order valence-electron chi connectivity index (χ2n) is 13.7. The zero-order valence-electron chi connectivity index (χ0n) is 31.3. The maximum Gasteiger partial charge on any atom is 0.512 e. The van der Waals surface area contributed by atoms with Crippen LogP contribution in [-0.4, -0.2) is 92.1 Å². The number of nitrogens with one attached hydrogen (secondary N) is 2. The summed E-state index contributed by atoms with van der Waals surface area (Å²) < 4.78 is 14.0. The zero-order valence-corrected chi connectivity index (χ0v) is 33.0. The number of ether oxygens (including phenoxy) is 2. The van der Waals surface area contributed by atoms with E-state index < -0.39 is 6.16 Å². The van der Waals surface area contributed by atoms with Crippen LogP contribution in [0.25, 0.3) is 26.9 Å². The number of para-hydroxylation sites is 1. The number of aryl methyl sites for hydroxylation is 1. The third-order valence-electron chi connectivity index (χ3n) is 9.48. The number of benzene rings is 3. The molecule has 0 saturated heterocycles. The molecule has 3 N–H and O–H groups in total. The summed E-state index contributed by atoms with van der Waals surface area (Å²) in [7, 11) is 4.11. The topological polar surface area (TPSA) is 173 Å². The number of carbonyl (C=O) groups excluding carboxylic acids is 1. The van der Waals surface area contributed by atoms with Crippen molar-refractivity contribution in [2.75, 3.05) is 55.9 Å². The fourth-order valence-corrected chi connectivity index (χ4v) is 8.63. The third-order valence-corrected chi connectivity index (χ3v) is 11.6. The summed E-state index contributed by atoms with van der Waals surface area (Å²) in [5.41, 5.74) is 4.94. The summed E-state index contributed by atoms with van der Waals surface area (Å²) in [6.45, 7) is 3.26. The molecule has 5 heterocycles. The summed E-state index contributed by atoms with van der Waals surface area (Å²) in [4.78, 5) is 48.1. The number of hydrogen-bond donors (Lipinski definition) is 3. The molecule has 15 nitrogen and oxygen atoms in total. The number of aromatic nitrogens is 6. The van der Waals surface area contributed by atoms with E-state index in [9.17, 15) is 14.7 Å². The number of rotatable bonds is 15. The second kappa shape index (κ2) is 16.9. The van der Waals surface area contributed by atoms with Crippen LogP contribution in [0.1, 0.15) is 39.2 Å². The van der Waals surface area contributed by atoms with Gasteiger partial charge in [0.25, 0.3) is 5.91 Å². The highest BCUT2D eigenvalue weighted by atomic mass is 32.1. The Balaban J connectivity index is 0.891. The monoisotopic (exact) mass is 804 g/mol. The lowest BCUT2D eigenvalue weighted by Crippen LogP contribution is -2.32. The Morgan fingerprint density at radius 2 is 1.84 bits per heavy atom. The molecule has 0 spiro atoms. The van der Waals surface area contributed by atoms with Crippen molar-refractivity contribution < 1.29 is 24.2 Å². The minimum atomic E-state index is -1.42. The molecule has 1 amide bonds. The Kier molecular flexibility index (Phi) is 11.2. The number of carboxylic acid groups (broad SMARTS) is 1. The standard InChI is InChI=1S/C40H40N10O5S2/c1-48(2)19-7-18-41-34-29-22-44-50(35(29)43-24-42-34)26-13-15-27(16-14-26)54-21-6-12-33-37(55-40(52)53)47-39(57-33)49-20-17-25-8-5-9-28(30(25)23-49)36(51)46-38-45-31-10-3-4-11-32(31)56-38/h3-5,8-11,13-16,22,24H,6-7,12,17-21,23H2,1-2H3,(H,52,53)(H,41,42,43)(H,45,46,51). The molecule has 292 valence electrons. The van der Waals surface area contributed by atoms with E-state index in [0.717, 1.165) is 57.7 Å². The first kappa shape index (κ1) is 37.7. The van der Waals surface area contributed by atoms with Crippen LogP contribution in [0, 0.1) is 0 Å².